The van der Waals surface area contributed by atoms with Crippen LogP contribution < -0.4 is 0 Å². The van der Waals surface area contributed by atoms with Crippen molar-refractivity contribution in [2.75, 3.05) is 13.2 Å². The highest BCUT2D eigenvalue weighted by molar-refractivity contribution is 6.14. The number of benzene rings is 2. The summed E-state index contributed by atoms with van der Waals surface area (Å²) in [7, 11) is 0. The molecule has 38 heavy (non-hydrogen) atoms. The third kappa shape index (κ3) is 6.36. The summed E-state index contributed by atoms with van der Waals surface area (Å²) in [6.45, 7) is 4.98. The van der Waals surface area contributed by atoms with E-state index in [2.05, 4.69) is 23.8 Å². The molecule has 4 rings (SSSR count). The molecule has 0 aliphatic carbocycles. The fraction of sp³-hybridized carbons (Fsp3) is 0.375. The number of rotatable bonds is 13. The monoisotopic (exact) mass is 512 g/mol. The minimum atomic E-state index is -0.429. The zero-order chi connectivity index (χ0) is 26.7. The van der Waals surface area contributed by atoms with E-state index in [1.54, 1.807) is 12.4 Å². The summed E-state index contributed by atoms with van der Waals surface area (Å²) in [5, 5.41) is 1.35. The molecule has 0 aliphatic rings. The van der Waals surface area contributed by atoms with Gasteiger partial charge < -0.3 is 9.47 Å². The summed E-state index contributed by atoms with van der Waals surface area (Å²) in [6.07, 6.45) is 11.4. The van der Waals surface area contributed by atoms with E-state index in [4.69, 9.17) is 9.47 Å². The average Bonchev–Trinajstić information content (AvgIpc) is 2.95. The minimum absolute atomic E-state index is 0.345. The van der Waals surface area contributed by atoms with Crippen molar-refractivity contribution in [3.63, 3.8) is 0 Å². The Morgan fingerprint density at radius 2 is 1.03 bits per heavy atom. The Hall–Kier alpha value is -3.80. The summed E-state index contributed by atoms with van der Waals surface area (Å²) in [5.74, 6) is -0.857. The Morgan fingerprint density at radius 1 is 0.605 bits per heavy atom. The molecule has 0 spiro atoms. The Balaban J connectivity index is 1.78. The highest BCUT2D eigenvalue weighted by Crippen LogP contribution is 2.35. The first-order chi connectivity index (χ1) is 18.7. The number of esters is 2. The molecule has 6 heteroatoms. The highest BCUT2D eigenvalue weighted by Gasteiger charge is 2.25. The van der Waals surface area contributed by atoms with Gasteiger partial charge in [0.2, 0.25) is 0 Å². The zero-order valence-electron chi connectivity index (χ0n) is 22.4. The van der Waals surface area contributed by atoms with Gasteiger partial charge in [0.1, 0.15) is 0 Å². The SMILES string of the molecule is CCCCCCOC(=O)c1c(-c2cnc3ccccc3c2C(=O)OCCCCCC)cnc2ccccc12. The Kier molecular flexibility index (Phi) is 9.79. The quantitative estimate of drug-likeness (QED) is 0.134. The molecule has 0 unspecified atom stereocenters. The number of pyridine rings is 2. The van der Waals surface area contributed by atoms with Crippen molar-refractivity contribution in [2.24, 2.45) is 0 Å². The Bertz CT molecular complexity index is 1290. The number of hydrogen-bond donors (Lipinski definition) is 0. The van der Waals surface area contributed by atoms with Crippen molar-refractivity contribution in [1.29, 1.82) is 0 Å². The molecule has 0 saturated heterocycles. The molecule has 2 aromatic carbocycles. The van der Waals surface area contributed by atoms with Gasteiger partial charge in [-0.1, -0.05) is 88.8 Å². The lowest BCUT2D eigenvalue weighted by Crippen LogP contribution is -2.13. The van der Waals surface area contributed by atoms with Crippen LogP contribution in [0.1, 0.15) is 85.9 Å². The maximum absolute atomic E-state index is 13.5. The van der Waals surface area contributed by atoms with Crippen LogP contribution in [0.3, 0.4) is 0 Å². The van der Waals surface area contributed by atoms with Crippen molar-refractivity contribution >= 4 is 33.7 Å². The van der Waals surface area contributed by atoms with E-state index >= 15 is 0 Å². The lowest BCUT2D eigenvalue weighted by molar-refractivity contribution is 0.0489. The van der Waals surface area contributed by atoms with Crippen LogP contribution in [-0.2, 0) is 9.47 Å². The highest BCUT2D eigenvalue weighted by atomic mass is 16.5. The maximum atomic E-state index is 13.5. The van der Waals surface area contributed by atoms with Crippen LogP contribution in [0.5, 0.6) is 0 Å². The van der Waals surface area contributed by atoms with Gasteiger partial charge in [0.25, 0.3) is 0 Å². The smallest absolute Gasteiger partial charge is 0.339 e. The predicted molar refractivity (Wildman–Crippen MR) is 151 cm³/mol. The van der Waals surface area contributed by atoms with Gasteiger partial charge in [0, 0.05) is 34.3 Å². The second-order valence-corrected chi connectivity index (χ2v) is 9.52. The van der Waals surface area contributed by atoms with Crippen LogP contribution in [-0.4, -0.2) is 35.1 Å². The van der Waals surface area contributed by atoms with Gasteiger partial charge in [-0.15, -0.1) is 0 Å². The number of para-hydroxylation sites is 2. The van der Waals surface area contributed by atoms with Crippen molar-refractivity contribution in [2.45, 2.75) is 65.2 Å². The summed E-state index contributed by atoms with van der Waals surface area (Å²) in [6, 6.07) is 15.0. The van der Waals surface area contributed by atoms with Crippen LogP contribution in [0.25, 0.3) is 32.9 Å². The van der Waals surface area contributed by atoms with E-state index in [1.165, 1.54) is 0 Å². The van der Waals surface area contributed by atoms with Gasteiger partial charge in [-0.2, -0.15) is 0 Å². The molecular formula is C32H36N2O4. The summed E-state index contributed by atoms with van der Waals surface area (Å²) in [5.41, 5.74) is 3.17. The standard InChI is InChI=1S/C32H36N2O4/c1-3-5-7-13-19-37-31(35)29-23-15-9-11-17-27(23)33-21-25(29)26-22-34-28-18-12-10-16-24(28)30(26)32(36)38-20-14-8-6-4-2/h9-12,15-18,21-22H,3-8,13-14,19-20H2,1-2H3. The summed E-state index contributed by atoms with van der Waals surface area (Å²) >= 11 is 0. The van der Waals surface area contributed by atoms with Gasteiger partial charge in [0.15, 0.2) is 0 Å². The molecule has 0 radical (unpaired) electrons. The third-order valence-corrected chi connectivity index (χ3v) is 6.71. The van der Waals surface area contributed by atoms with Gasteiger partial charge >= 0.3 is 11.9 Å². The molecular weight excluding hydrogens is 476 g/mol. The van der Waals surface area contributed by atoms with Crippen molar-refractivity contribution < 1.29 is 19.1 Å². The van der Waals surface area contributed by atoms with E-state index in [-0.39, 0.29) is 0 Å². The molecule has 4 aromatic rings. The fourth-order valence-electron chi connectivity index (χ4n) is 4.66. The minimum Gasteiger partial charge on any atom is -0.462 e. The van der Waals surface area contributed by atoms with Crippen molar-refractivity contribution in [1.82, 2.24) is 9.97 Å². The predicted octanol–water partition coefficient (Wildman–Crippen LogP) is 7.92. The molecule has 0 saturated carbocycles. The van der Waals surface area contributed by atoms with E-state index in [9.17, 15) is 9.59 Å². The topological polar surface area (TPSA) is 78.4 Å². The number of hydrogen-bond acceptors (Lipinski definition) is 6. The lowest BCUT2D eigenvalue weighted by atomic mass is 9.93. The molecule has 2 heterocycles. The molecule has 6 nitrogen and oxygen atoms in total. The van der Waals surface area contributed by atoms with Crippen molar-refractivity contribution in [3.05, 3.63) is 72.1 Å². The fourth-order valence-corrected chi connectivity index (χ4v) is 4.66. The van der Waals surface area contributed by atoms with Crippen LogP contribution >= 0.6 is 0 Å². The molecule has 0 amide bonds. The Labute approximate surface area is 224 Å². The number of aromatic nitrogens is 2. The first kappa shape index (κ1) is 27.2. The van der Waals surface area contributed by atoms with Gasteiger partial charge in [-0.3, -0.25) is 9.97 Å². The number of fused-ring (bicyclic) bond motifs is 2. The van der Waals surface area contributed by atoms with Gasteiger partial charge in [-0.25, -0.2) is 9.59 Å². The summed E-state index contributed by atoms with van der Waals surface area (Å²) < 4.78 is 11.5. The van der Waals surface area contributed by atoms with E-state index < -0.39 is 11.9 Å². The molecule has 0 atom stereocenters. The summed E-state index contributed by atoms with van der Waals surface area (Å²) in [4.78, 5) is 36.3. The largest absolute Gasteiger partial charge is 0.462 e. The van der Waals surface area contributed by atoms with Gasteiger partial charge in [0.05, 0.1) is 35.4 Å². The van der Waals surface area contributed by atoms with Crippen LogP contribution in [0.15, 0.2) is 60.9 Å². The molecule has 0 bridgehead atoms. The van der Waals surface area contributed by atoms with Crippen LogP contribution in [0.2, 0.25) is 0 Å². The first-order valence-electron chi connectivity index (χ1n) is 13.8. The second-order valence-electron chi connectivity index (χ2n) is 9.52. The zero-order valence-corrected chi connectivity index (χ0v) is 22.4. The molecule has 0 aliphatic heterocycles. The maximum Gasteiger partial charge on any atom is 0.339 e. The average molecular weight is 513 g/mol. The van der Waals surface area contributed by atoms with E-state index in [1.807, 2.05) is 48.5 Å². The molecule has 0 N–H and O–H groups in total. The number of unbranched alkanes of at least 4 members (excludes halogenated alkanes) is 6. The van der Waals surface area contributed by atoms with Gasteiger partial charge in [-0.05, 0) is 25.0 Å². The van der Waals surface area contributed by atoms with Crippen LogP contribution in [0, 0.1) is 0 Å². The van der Waals surface area contributed by atoms with Crippen molar-refractivity contribution in [3.8, 4) is 11.1 Å². The number of ether oxygens (including phenoxy) is 2. The number of nitrogens with zero attached hydrogens (tertiary/aromatic N) is 2. The number of carbonyl (C=O) groups excluding carboxylic acids is 2. The van der Waals surface area contributed by atoms with E-state index in [0.29, 0.717) is 57.3 Å². The molecule has 0 fully saturated rings. The van der Waals surface area contributed by atoms with Crippen LogP contribution in [0.4, 0.5) is 0 Å². The van der Waals surface area contributed by atoms with E-state index in [0.717, 1.165) is 51.4 Å². The number of carbonyl (C=O) groups is 2. The molecule has 2 aromatic heterocycles. The molecule has 198 valence electrons. The third-order valence-electron chi connectivity index (χ3n) is 6.71. The second kappa shape index (κ2) is 13.7. The first-order valence-corrected chi connectivity index (χ1v) is 13.8. The Morgan fingerprint density at radius 3 is 1.45 bits per heavy atom. The lowest BCUT2D eigenvalue weighted by Gasteiger charge is -2.16. The normalized spacial score (nSPS) is 11.1.